The summed E-state index contributed by atoms with van der Waals surface area (Å²) in [7, 11) is -2.17. The SMILES string of the molecule is CCCCCCCCNC(=O)c1cc(S(=O)(=O)N2CCc3ccccc32)ccc1SCc1ccc(OC)cc1. The van der Waals surface area contributed by atoms with E-state index in [1.54, 1.807) is 25.3 Å². The van der Waals surface area contributed by atoms with Gasteiger partial charge in [0.15, 0.2) is 0 Å². The number of ether oxygens (including phenoxy) is 1. The Kier molecular flexibility index (Phi) is 10.3. The van der Waals surface area contributed by atoms with E-state index in [2.05, 4.69) is 12.2 Å². The van der Waals surface area contributed by atoms with Gasteiger partial charge in [0.2, 0.25) is 0 Å². The molecule has 1 aliphatic rings. The molecule has 39 heavy (non-hydrogen) atoms. The lowest BCUT2D eigenvalue weighted by molar-refractivity contribution is 0.0949. The highest BCUT2D eigenvalue weighted by atomic mass is 32.2. The summed E-state index contributed by atoms with van der Waals surface area (Å²) in [4.78, 5) is 14.2. The van der Waals surface area contributed by atoms with E-state index in [0.29, 0.717) is 36.5 Å². The molecule has 0 unspecified atom stereocenters. The first-order valence-electron chi connectivity index (χ1n) is 13.7. The van der Waals surface area contributed by atoms with Crippen LogP contribution in [0.3, 0.4) is 0 Å². The second-order valence-electron chi connectivity index (χ2n) is 9.77. The van der Waals surface area contributed by atoms with Gasteiger partial charge in [0.1, 0.15) is 5.75 Å². The number of rotatable bonds is 14. The Morgan fingerprint density at radius 3 is 2.49 bits per heavy atom. The number of methoxy groups -OCH3 is 1. The molecule has 3 aromatic carbocycles. The van der Waals surface area contributed by atoms with Crippen LogP contribution in [0.25, 0.3) is 0 Å². The van der Waals surface area contributed by atoms with Gasteiger partial charge in [0, 0.05) is 23.7 Å². The van der Waals surface area contributed by atoms with E-state index in [1.165, 1.54) is 35.3 Å². The number of benzene rings is 3. The zero-order valence-corrected chi connectivity index (χ0v) is 24.5. The predicted molar refractivity (Wildman–Crippen MR) is 159 cm³/mol. The monoisotopic (exact) mass is 566 g/mol. The fourth-order valence-electron chi connectivity index (χ4n) is 4.74. The second-order valence-corrected chi connectivity index (χ2v) is 12.7. The molecule has 0 aromatic heterocycles. The molecule has 6 nitrogen and oxygen atoms in total. The Morgan fingerprint density at radius 2 is 1.72 bits per heavy atom. The van der Waals surface area contributed by atoms with Crippen LogP contribution in [0.1, 0.15) is 66.9 Å². The summed E-state index contributed by atoms with van der Waals surface area (Å²) >= 11 is 1.52. The lowest BCUT2D eigenvalue weighted by Crippen LogP contribution is -2.30. The van der Waals surface area contributed by atoms with Gasteiger partial charge in [-0.05, 0) is 60.4 Å². The third-order valence-corrected chi connectivity index (χ3v) is 9.95. The number of hydrogen-bond acceptors (Lipinski definition) is 5. The number of hydrogen-bond donors (Lipinski definition) is 1. The maximum absolute atomic E-state index is 13.7. The third-order valence-electron chi connectivity index (χ3n) is 7.00. The molecular weight excluding hydrogens is 528 g/mol. The van der Waals surface area contributed by atoms with Gasteiger partial charge in [0.05, 0.1) is 23.3 Å². The molecule has 0 aliphatic carbocycles. The molecule has 0 saturated carbocycles. The van der Waals surface area contributed by atoms with Crippen LogP contribution < -0.4 is 14.4 Å². The molecular formula is C31H38N2O4S2. The summed E-state index contributed by atoms with van der Waals surface area (Å²) in [6.45, 7) is 3.17. The number of carbonyl (C=O) groups excluding carboxylic acids is 1. The van der Waals surface area contributed by atoms with Crippen molar-refractivity contribution in [3.05, 3.63) is 83.4 Å². The number of thioether (sulfide) groups is 1. The Hall–Kier alpha value is -2.97. The van der Waals surface area contributed by atoms with E-state index >= 15 is 0 Å². The first-order valence-corrected chi connectivity index (χ1v) is 16.1. The van der Waals surface area contributed by atoms with Gasteiger partial charge in [-0.2, -0.15) is 0 Å². The molecule has 1 heterocycles. The maximum Gasteiger partial charge on any atom is 0.264 e. The highest BCUT2D eigenvalue weighted by molar-refractivity contribution is 7.98. The number of carbonyl (C=O) groups is 1. The molecule has 1 N–H and O–H groups in total. The van der Waals surface area contributed by atoms with Gasteiger partial charge >= 0.3 is 0 Å². The summed E-state index contributed by atoms with van der Waals surface area (Å²) < 4.78 is 34.1. The number of nitrogens with one attached hydrogen (secondary N) is 1. The molecule has 0 atom stereocenters. The summed E-state index contributed by atoms with van der Waals surface area (Å²) in [6, 6.07) is 20.3. The van der Waals surface area contributed by atoms with Crippen molar-refractivity contribution in [1.82, 2.24) is 5.32 Å². The van der Waals surface area contributed by atoms with Crippen molar-refractivity contribution in [3.63, 3.8) is 0 Å². The van der Waals surface area contributed by atoms with Crippen molar-refractivity contribution in [1.29, 1.82) is 0 Å². The van der Waals surface area contributed by atoms with Crippen LogP contribution in [0.2, 0.25) is 0 Å². The molecule has 0 radical (unpaired) electrons. The minimum absolute atomic E-state index is 0.137. The number of unbranched alkanes of at least 4 members (excludes halogenated alkanes) is 5. The Labute approximate surface area is 237 Å². The zero-order chi connectivity index (χ0) is 27.7. The average molecular weight is 567 g/mol. The van der Waals surface area contributed by atoms with E-state index in [-0.39, 0.29) is 10.8 Å². The highest BCUT2D eigenvalue weighted by Crippen LogP contribution is 2.35. The fourth-order valence-corrected chi connectivity index (χ4v) is 7.26. The number of sulfonamides is 1. The molecule has 0 bridgehead atoms. The zero-order valence-electron chi connectivity index (χ0n) is 22.8. The van der Waals surface area contributed by atoms with E-state index in [1.807, 2.05) is 48.5 Å². The predicted octanol–water partition coefficient (Wildman–Crippen LogP) is 6.83. The lowest BCUT2D eigenvalue weighted by Gasteiger charge is -2.20. The van der Waals surface area contributed by atoms with Crippen molar-refractivity contribution in [2.75, 3.05) is 24.5 Å². The van der Waals surface area contributed by atoms with Crippen molar-refractivity contribution in [2.24, 2.45) is 0 Å². The van der Waals surface area contributed by atoms with Crippen molar-refractivity contribution in [2.45, 2.75) is 67.4 Å². The number of anilines is 1. The molecule has 1 amide bonds. The van der Waals surface area contributed by atoms with Crippen molar-refractivity contribution in [3.8, 4) is 5.75 Å². The largest absolute Gasteiger partial charge is 0.497 e. The first kappa shape index (κ1) is 29.0. The molecule has 0 fully saturated rings. The van der Waals surface area contributed by atoms with Crippen LogP contribution in [0, 0.1) is 0 Å². The van der Waals surface area contributed by atoms with E-state index in [0.717, 1.165) is 41.0 Å². The van der Waals surface area contributed by atoms with Gasteiger partial charge in [-0.3, -0.25) is 9.10 Å². The van der Waals surface area contributed by atoms with Crippen LogP contribution in [-0.4, -0.2) is 34.5 Å². The minimum Gasteiger partial charge on any atom is -0.497 e. The van der Waals surface area contributed by atoms with Crippen LogP contribution in [0.15, 0.2) is 76.5 Å². The average Bonchev–Trinajstić information content (AvgIpc) is 3.41. The number of amides is 1. The topological polar surface area (TPSA) is 75.7 Å². The number of nitrogens with zero attached hydrogens (tertiary/aromatic N) is 1. The van der Waals surface area contributed by atoms with Crippen LogP contribution >= 0.6 is 11.8 Å². The Balaban J connectivity index is 1.53. The molecule has 8 heteroatoms. The highest BCUT2D eigenvalue weighted by Gasteiger charge is 2.31. The minimum atomic E-state index is -3.81. The fraction of sp³-hybridized carbons (Fsp3) is 0.387. The van der Waals surface area contributed by atoms with Gasteiger partial charge in [-0.1, -0.05) is 69.4 Å². The summed E-state index contributed by atoms with van der Waals surface area (Å²) in [5.74, 6) is 1.20. The van der Waals surface area contributed by atoms with Gasteiger partial charge in [-0.15, -0.1) is 11.8 Å². The van der Waals surface area contributed by atoms with E-state index in [9.17, 15) is 13.2 Å². The van der Waals surface area contributed by atoms with Crippen LogP contribution in [0.5, 0.6) is 5.75 Å². The quantitative estimate of drug-likeness (QED) is 0.171. The van der Waals surface area contributed by atoms with E-state index < -0.39 is 10.0 Å². The smallest absolute Gasteiger partial charge is 0.264 e. The molecule has 208 valence electrons. The normalized spacial score (nSPS) is 12.8. The summed E-state index contributed by atoms with van der Waals surface area (Å²) in [5, 5.41) is 3.03. The van der Waals surface area contributed by atoms with Crippen LogP contribution in [-0.2, 0) is 22.2 Å². The summed E-state index contributed by atoms with van der Waals surface area (Å²) in [6.07, 6.45) is 7.49. The number of fused-ring (bicyclic) bond motifs is 1. The maximum atomic E-state index is 13.7. The Morgan fingerprint density at radius 1 is 0.974 bits per heavy atom. The standard InChI is InChI=1S/C31H38N2O4S2/c1-3-4-5-6-7-10-20-32-31(34)28-22-27(39(35,36)33-21-19-25-11-8-9-12-29(25)33)17-18-30(28)38-23-24-13-15-26(37-2)16-14-24/h8-9,11-18,22H,3-7,10,19-21,23H2,1-2H3,(H,32,34). The molecule has 3 aromatic rings. The second kappa shape index (κ2) is 13.9. The number of para-hydroxylation sites is 1. The molecule has 4 rings (SSSR count). The van der Waals surface area contributed by atoms with Gasteiger partial charge in [0.25, 0.3) is 15.9 Å². The van der Waals surface area contributed by atoms with E-state index in [4.69, 9.17) is 4.74 Å². The summed E-state index contributed by atoms with van der Waals surface area (Å²) in [5.41, 5.74) is 3.21. The van der Waals surface area contributed by atoms with Crippen molar-refractivity contribution >= 4 is 33.4 Å². The van der Waals surface area contributed by atoms with Crippen molar-refractivity contribution < 1.29 is 17.9 Å². The third kappa shape index (κ3) is 7.37. The lowest BCUT2D eigenvalue weighted by atomic mass is 10.1. The van der Waals surface area contributed by atoms with Gasteiger partial charge < -0.3 is 10.1 Å². The first-order chi connectivity index (χ1) is 18.9. The van der Waals surface area contributed by atoms with Crippen LogP contribution in [0.4, 0.5) is 5.69 Å². The molecule has 1 aliphatic heterocycles. The molecule has 0 spiro atoms. The Bertz CT molecular complexity index is 1360. The molecule has 0 saturated heterocycles. The van der Waals surface area contributed by atoms with Gasteiger partial charge in [-0.25, -0.2) is 8.42 Å².